The van der Waals surface area contributed by atoms with Gasteiger partial charge in [0, 0.05) is 17.5 Å². The topological polar surface area (TPSA) is 35.8 Å². The molecule has 21 heavy (non-hydrogen) atoms. The van der Waals surface area contributed by atoms with Crippen molar-refractivity contribution in [2.45, 2.75) is 0 Å². The molecule has 0 radical (unpaired) electrons. The first-order valence-electron chi connectivity index (χ1n) is 6.70. The van der Waals surface area contributed by atoms with Crippen LogP contribution in [0.1, 0.15) is 5.56 Å². The van der Waals surface area contributed by atoms with E-state index in [4.69, 9.17) is 0 Å². The van der Waals surface area contributed by atoms with Gasteiger partial charge in [-0.3, -0.25) is 0 Å². The summed E-state index contributed by atoms with van der Waals surface area (Å²) >= 11 is 1.63. The lowest BCUT2D eigenvalue weighted by Crippen LogP contribution is -1.88. The average molecular weight is 290 g/mol. The molecule has 0 aliphatic rings. The van der Waals surface area contributed by atoms with Gasteiger partial charge >= 0.3 is 0 Å². The molecule has 0 atom stereocenters. The Labute approximate surface area is 128 Å². The Hall–Kier alpha value is -2.57. The molecule has 3 aromatic rings. The van der Waals surface area contributed by atoms with Crippen LogP contribution in [0, 0.1) is 11.3 Å². The molecule has 0 aliphatic heterocycles. The fourth-order valence-electron chi connectivity index (χ4n) is 2.39. The van der Waals surface area contributed by atoms with E-state index in [1.54, 1.807) is 11.3 Å². The van der Waals surface area contributed by atoms with Crippen LogP contribution in [0.25, 0.3) is 21.6 Å². The van der Waals surface area contributed by atoms with E-state index in [0.29, 0.717) is 5.56 Å². The summed E-state index contributed by atoms with van der Waals surface area (Å²) in [5.74, 6) is 0. The Morgan fingerprint density at radius 1 is 0.905 bits per heavy atom. The van der Waals surface area contributed by atoms with Crippen molar-refractivity contribution in [3.8, 4) is 27.6 Å². The lowest BCUT2D eigenvalue weighted by molar-refractivity contribution is 1.48. The summed E-state index contributed by atoms with van der Waals surface area (Å²) in [5, 5.41) is 13.6. The van der Waals surface area contributed by atoms with Crippen LogP contribution in [0.5, 0.6) is 0 Å². The molecular formula is C18H14N2S. The van der Waals surface area contributed by atoms with E-state index in [9.17, 15) is 5.26 Å². The molecule has 3 rings (SSSR count). The molecule has 2 nitrogen and oxygen atoms in total. The highest BCUT2D eigenvalue weighted by Crippen LogP contribution is 2.45. The first-order valence-corrected chi connectivity index (χ1v) is 7.52. The Morgan fingerprint density at radius 2 is 1.48 bits per heavy atom. The van der Waals surface area contributed by atoms with E-state index in [0.717, 1.165) is 26.6 Å². The Bertz CT molecular complexity index is 783. The van der Waals surface area contributed by atoms with E-state index >= 15 is 0 Å². The molecule has 1 aromatic heterocycles. The Balaban J connectivity index is 2.31. The first kappa shape index (κ1) is 13.4. The number of anilines is 1. The molecule has 2 aromatic carbocycles. The van der Waals surface area contributed by atoms with E-state index in [2.05, 4.69) is 35.7 Å². The summed E-state index contributed by atoms with van der Waals surface area (Å²) < 4.78 is 0. The maximum atomic E-state index is 9.57. The predicted molar refractivity (Wildman–Crippen MR) is 89.5 cm³/mol. The highest BCUT2D eigenvalue weighted by atomic mass is 32.1. The smallest absolute Gasteiger partial charge is 0.107 e. The fourth-order valence-corrected chi connectivity index (χ4v) is 3.52. The quantitative estimate of drug-likeness (QED) is 0.737. The monoisotopic (exact) mass is 290 g/mol. The molecule has 0 saturated heterocycles. The van der Waals surface area contributed by atoms with Crippen LogP contribution >= 0.6 is 11.3 Å². The largest absolute Gasteiger partial charge is 0.379 e. The van der Waals surface area contributed by atoms with Crippen LogP contribution in [0.2, 0.25) is 0 Å². The van der Waals surface area contributed by atoms with Gasteiger partial charge in [-0.25, -0.2) is 0 Å². The summed E-state index contributed by atoms with van der Waals surface area (Å²) in [6, 6.07) is 22.7. The Morgan fingerprint density at radius 3 is 2.00 bits per heavy atom. The molecule has 0 fully saturated rings. The van der Waals surface area contributed by atoms with E-state index in [1.807, 2.05) is 43.4 Å². The molecule has 0 unspecified atom stereocenters. The molecule has 102 valence electrons. The molecule has 0 bridgehead atoms. The number of nitrogens with one attached hydrogen (secondary N) is 1. The SMILES string of the molecule is CNc1sc(-c2ccccc2)c(-c2ccccc2)c1C#N. The van der Waals surface area contributed by atoms with Gasteiger partial charge in [0.15, 0.2) is 0 Å². The summed E-state index contributed by atoms with van der Waals surface area (Å²) in [6.07, 6.45) is 0. The minimum absolute atomic E-state index is 0.715. The maximum absolute atomic E-state index is 9.57. The number of hydrogen-bond donors (Lipinski definition) is 1. The third kappa shape index (κ3) is 2.42. The van der Waals surface area contributed by atoms with Gasteiger partial charge in [-0.1, -0.05) is 60.7 Å². The average Bonchev–Trinajstić information content (AvgIpc) is 2.95. The molecular weight excluding hydrogens is 276 g/mol. The van der Waals surface area contributed by atoms with Crippen LogP contribution in [-0.4, -0.2) is 7.05 Å². The zero-order chi connectivity index (χ0) is 14.7. The molecule has 0 saturated carbocycles. The highest BCUT2D eigenvalue weighted by Gasteiger charge is 2.19. The van der Waals surface area contributed by atoms with Crippen molar-refractivity contribution >= 4 is 16.3 Å². The first-order chi connectivity index (χ1) is 10.3. The van der Waals surface area contributed by atoms with Crippen molar-refractivity contribution in [2.24, 2.45) is 0 Å². The van der Waals surface area contributed by atoms with E-state index < -0.39 is 0 Å². The van der Waals surface area contributed by atoms with Crippen molar-refractivity contribution in [2.75, 3.05) is 12.4 Å². The fraction of sp³-hybridized carbons (Fsp3) is 0.0556. The molecule has 0 aliphatic carbocycles. The normalized spacial score (nSPS) is 10.1. The van der Waals surface area contributed by atoms with E-state index in [-0.39, 0.29) is 0 Å². The minimum atomic E-state index is 0.715. The van der Waals surface area contributed by atoms with Crippen molar-refractivity contribution in [1.82, 2.24) is 0 Å². The standard InChI is InChI=1S/C18H14N2S/c1-20-18-15(12-19)16(13-8-4-2-5-9-13)17(21-18)14-10-6-3-7-11-14/h2-11,20H,1H3. The number of nitrogens with zero attached hydrogens (tertiary/aromatic N) is 1. The summed E-state index contributed by atoms with van der Waals surface area (Å²) in [4.78, 5) is 1.13. The number of rotatable bonds is 3. The third-order valence-corrected chi connectivity index (χ3v) is 4.60. The van der Waals surface area contributed by atoms with Gasteiger partial charge < -0.3 is 5.32 Å². The number of hydrogen-bond acceptors (Lipinski definition) is 3. The van der Waals surface area contributed by atoms with Gasteiger partial charge in [-0.15, -0.1) is 11.3 Å². The molecule has 0 spiro atoms. The summed E-state index contributed by atoms with van der Waals surface area (Å²) in [6.45, 7) is 0. The zero-order valence-electron chi connectivity index (χ0n) is 11.6. The van der Waals surface area contributed by atoms with E-state index in [1.165, 1.54) is 0 Å². The maximum Gasteiger partial charge on any atom is 0.107 e. The molecule has 3 heteroatoms. The third-order valence-electron chi connectivity index (χ3n) is 3.35. The predicted octanol–water partition coefficient (Wildman–Crippen LogP) is 5.00. The van der Waals surface area contributed by atoms with Crippen LogP contribution in [0.3, 0.4) is 0 Å². The number of nitriles is 1. The van der Waals surface area contributed by atoms with Crippen molar-refractivity contribution < 1.29 is 0 Å². The van der Waals surface area contributed by atoms with Crippen molar-refractivity contribution in [1.29, 1.82) is 5.26 Å². The van der Waals surface area contributed by atoms with Gasteiger partial charge in [0.05, 0.1) is 5.56 Å². The highest BCUT2D eigenvalue weighted by molar-refractivity contribution is 7.20. The second-order valence-electron chi connectivity index (χ2n) is 4.60. The Kier molecular flexibility index (Phi) is 3.72. The number of thiophene rings is 1. The molecule has 0 amide bonds. The lowest BCUT2D eigenvalue weighted by atomic mass is 9.99. The molecule has 1 heterocycles. The van der Waals surface area contributed by atoms with Gasteiger partial charge in [-0.2, -0.15) is 5.26 Å². The van der Waals surface area contributed by atoms with Crippen molar-refractivity contribution in [3.63, 3.8) is 0 Å². The van der Waals surface area contributed by atoms with Gasteiger partial charge in [-0.05, 0) is 11.1 Å². The van der Waals surface area contributed by atoms with Crippen LogP contribution in [0.15, 0.2) is 60.7 Å². The van der Waals surface area contributed by atoms with Crippen LogP contribution in [0.4, 0.5) is 5.00 Å². The zero-order valence-corrected chi connectivity index (χ0v) is 12.4. The summed E-state index contributed by atoms with van der Waals surface area (Å²) in [5.41, 5.74) is 3.94. The van der Waals surface area contributed by atoms with Crippen molar-refractivity contribution in [3.05, 3.63) is 66.2 Å². The van der Waals surface area contributed by atoms with Gasteiger partial charge in [0.25, 0.3) is 0 Å². The summed E-state index contributed by atoms with van der Waals surface area (Å²) in [7, 11) is 1.86. The van der Waals surface area contributed by atoms with Gasteiger partial charge in [0.1, 0.15) is 11.1 Å². The van der Waals surface area contributed by atoms with Gasteiger partial charge in [0.2, 0.25) is 0 Å². The van der Waals surface area contributed by atoms with Crippen LogP contribution in [-0.2, 0) is 0 Å². The second kappa shape index (κ2) is 5.82. The minimum Gasteiger partial charge on any atom is -0.379 e. The number of benzene rings is 2. The lowest BCUT2D eigenvalue weighted by Gasteiger charge is -2.05. The second-order valence-corrected chi connectivity index (χ2v) is 5.62. The molecule has 1 N–H and O–H groups in total. The van der Waals surface area contributed by atoms with Crippen LogP contribution < -0.4 is 5.32 Å².